The lowest BCUT2D eigenvalue weighted by atomic mass is 9.96. The zero-order valence-electron chi connectivity index (χ0n) is 19.9. The van der Waals surface area contributed by atoms with Gasteiger partial charge in [0.1, 0.15) is 18.1 Å². The molecule has 1 saturated carbocycles. The largest absolute Gasteiger partial charge is 0.489 e. The molecular weight excluding hydrogens is 448 g/mol. The van der Waals surface area contributed by atoms with Crippen molar-refractivity contribution in [2.45, 2.75) is 57.6 Å². The first-order valence-electron chi connectivity index (χ1n) is 12.1. The van der Waals surface area contributed by atoms with E-state index in [4.69, 9.17) is 9.47 Å². The van der Waals surface area contributed by atoms with E-state index >= 15 is 0 Å². The number of ether oxygens (including phenoxy) is 2. The third-order valence-corrected chi connectivity index (χ3v) is 5.59. The minimum atomic E-state index is -0.479. The van der Waals surface area contributed by atoms with Crippen molar-refractivity contribution in [3.8, 4) is 11.5 Å². The van der Waals surface area contributed by atoms with Gasteiger partial charge in [-0.1, -0.05) is 49.6 Å². The van der Waals surface area contributed by atoms with Crippen LogP contribution in [0.25, 0.3) is 0 Å². The maximum absolute atomic E-state index is 11.9. The van der Waals surface area contributed by atoms with Crippen molar-refractivity contribution < 1.29 is 23.9 Å². The predicted octanol–water partition coefficient (Wildman–Crippen LogP) is 3.20. The molecule has 188 valence electrons. The van der Waals surface area contributed by atoms with Gasteiger partial charge in [-0.15, -0.1) is 0 Å². The summed E-state index contributed by atoms with van der Waals surface area (Å²) < 4.78 is 11.1. The Morgan fingerprint density at radius 3 is 2.17 bits per heavy atom. The average molecular weight is 483 g/mol. The third-order valence-electron chi connectivity index (χ3n) is 5.59. The highest BCUT2D eigenvalue weighted by molar-refractivity contribution is 5.82. The molecule has 0 radical (unpaired) electrons. The van der Waals surface area contributed by atoms with E-state index in [-0.39, 0.29) is 31.0 Å². The normalized spacial score (nSPS) is 13.4. The first-order chi connectivity index (χ1) is 17.1. The molecule has 3 rings (SSSR count). The zero-order chi connectivity index (χ0) is 24.7. The fourth-order valence-corrected chi connectivity index (χ4v) is 3.69. The lowest BCUT2D eigenvalue weighted by molar-refractivity contribution is -0.130. The van der Waals surface area contributed by atoms with Gasteiger partial charge >= 0.3 is 6.03 Å². The minimum Gasteiger partial charge on any atom is -0.489 e. The molecule has 1 aliphatic carbocycles. The molecule has 0 unspecified atom stereocenters. The Morgan fingerprint density at radius 2 is 1.46 bits per heavy atom. The number of urea groups is 1. The van der Waals surface area contributed by atoms with E-state index in [9.17, 15) is 14.4 Å². The Kier molecular flexibility index (Phi) is 10.7. The molecule has 0 spiro atoms. The molecule has 2 aromatic rings. The number of hydrogen-bond donors (Lipinski definition) is 4. The molecule has 9 heteroatoms. The second-order valence-electron chi connectivity index (χ2n) is 8.47. The van der Waals surface area contributed by atoms with Gasteiger partial charge in [0.05, 0.1) is 0 Å². The van der Waals surface area contributed by atoms with Crippen molar-refractivity contribution in [2.75, 3.05) is 13.2 Å². The summed E-state index contributed by atoms with van der Waals surface area (Å²) in [6, 6.07) is 16.9. The van der Waals surface area contributed by atoms with Gasteiger partial charge in [0.15, 0.2) is 6.61 Å². The maximum atomic E-state index is 11.9. The topological polar surface area (TPSA) is 118 Å². The number of amides is 4. The van der Waals surface area contributed by atoms with E-state index in [1.54, 1.807) is 24.3 Å². The predicted molar refractivity (Wildman–Crippen MR) is 132 cm³/mol. The Hall–Kier alpha value is -3.75. The van der Waals surface area contributed by atoms with Crippen LogP contribution in [0.3, 0.4) is 0 Å². The van der Waals surface area contributed by atoms with Gasteiger partial charge in [0.2, 0.25) is 5.91 Å². The molecule has 9 nitrogen and oxygen atoms in total. The number of nitrogens with one attached hydrogen (secondary N) is 4. The van der Waals surface area contributed by atoms with Crippen LogP contribution in [0, 0.1) is 0 Å². The van der Waals surface area contributed by atoms with Crippen molar-refractivity contribution in [2.24, 2.45) is 0 Å². The second-order valence-corrected chi connectivity index (χ2v) is 8.47. The van der Waals surface area contributed by atoms with Crippen LogP contribution < -0.4 is 31.0 Å². The lowest BCUT2D eigenvalue weighted by Crippen LogP contribution is -2.44. The van der Waals surface area contributed by atoms with Crippen LogP contribution in [-0.2, 0) is 16.2 Å². The van der Waals surface area contributed by atoms with E-state index in [2.05, 4.69) is 21.5 Å². The molecule has 0 aliphatic heterocycles. The van der Waals surface area contributed by atoms with Gasteiger partial charge < -0.3 is 20.1 Å². The summed E-state index contributed by atoms with van der Waals surface area (Å²) in [5.41, 5.74) is 5.74. The summed E-state index contributed by atoms with van der Waals surface area (Å²) in [6.07, 6.45) is 6.22. The molecule has 4 N–H and O–H groups in total. The van der Waals surface area contributed by atoms with E-state index in [1.165, 1.54) is 6.42 Å². The van der Waals surface area contributed by atoms with Gasteiger partial charge in [-0.25, -0.2) is 4.79 Å². The first kappa shape index (κ1) is 25.9. The van der Waals surface area contributed by atoms with Crippen molar-refractivity contribution >= 4 is 17.8 Å². The summed E-state index contributed by atoms with van der Waals surface area (Å²) in [6.45, 7) is 0.606. The summed E-state index contributed by atoms with van der Waals surface area (Å²) in [5, 5.41) is 5.72. The van der Waals surface area contributed by atoms with Crippen molar-refractivity contribution in [1.29, 1.82) is 0 Å². The van der Waals surface area contributed by atoms with Crippen LogP contribution in [0.4, 0.5) is 4.79 Å². The van der Waals surface area contributed by atoms with Gasteiger partial charge in [0, 0.05) is 19.0 Å². The van der Waals surface area contributed by atoms with E-state index < -0.39 is 5.91 Å². The molecule has 1 aliphatic rings. The molecule has 0 atom stereocenters. The van der Waals surface area contributed by atoms with E-state index in [1.807, 2.05) is 30.3 Å². The average Bonchev–Trinajstić information content (AvgIpc) is 2.89. The van der Waals surface area contributed by atoms with Crippen LogP contribution in [0.5, 0.6) is 11.5 Å². The number of hydrazine groups is 1. The fourth-order valence-electron chi connectivity index (χ4n) is 3.69. The number of rotatable bonds is 11. The molecule has 0 heterocycles. The summed E-state index contributed by atoms with van der Waals surface area (Å²) in [7, 11) is 0. The molecule has 35 heavy (non-hydrogen) atoms. The minimum absolute atomic E-state index is 0.176. The second kappa shape index (κ2) is 14.5. The van der Waals surface area contributed by atoms with Gasteiger partial charge in [-0.05, 0) is 49.1 Å². The number of benzene rings is 2. The highest BCUT2D eigenvalue weighted by atomic mass is 16.5. The van der Waals surface area contributed by atoms with Gasteiger partial charge in [0.25, 0.3) is 5.91 Å². The third kappa shape index (κ3) is 10.4. The lowest BCUT2D eigenvalue weighted by Gasteiger charge is -2.22. The van der Waals surface area contributed by atoms with Crippen LogP contribution in [0.2, 0.25) is 0 Å². The molecular formula is C26H34N4O5. The quantitative estimate of drug-likeness (QED) is 0.290. The molecule has 1 fully saturated rings. The molecule has 2 aromatic carbocycles. The number of carbonyl (C=O) groups is 3. The number of carbonyl (C=O) groups excluding carboxylic acids is 3. The smallest absolute Gasteiger partial charge is 0.315 e. The Labute approximate surface area is 205 Å². The van der Waals surface area contributed by atoms with E-state index in [0.717, 1.165) is 31.2 Å². The fraction of sp³-hybridized carbons (Fsp3) is 0.423. The Bertz CT molecular complexity index is 931. The monoisotopic (exact) mass is 482 g/mol. The maximum Gasteiger partial charge on any atom is 0.315 e. The first-order valence-corrected chi connectivity index (χ1v) is 12.1. The Balaban J connectivity index is 1.22. The molecule has 4 amide bonds. The van der Waals surface area contributed by atoms with Crippen molar-refractivity contribution in [3.63, 3.8) is 0 Å². The highest BCUT2D eigenvalue weighted by Crippen LogP contribution is 2.19. The Morgan fingerprint density at radius 1 is 0.800 bits per heavy atom. The van der Waals surface area contributed by atoms with Crippen LogP contribution >= 0.6 is 0 Å². The summed E-state index contributed by atoms with van der Waals surface area (Å²) >= 11 is 0. The van der Waals surface area contributed by atoms with Crippen molar-refractivity contribution in [1.82, 2.24) is 21.5 Å². The SMILES string of the molecule is O=C(CCCNC(=O)NC1CCCCC1)NNC(=O)COc1ccc(OCc2ccccc2)cc1. The van der Waals surface area contributed by atoms with Crippen LogP contribution in [-0.4, -0.2) is 37.0 Å². The van der Waals surface area contributed by atoms with Crippen LogP contribution in [0.15, 0.2) is 54.6 Å². The molecule has 0 saturated heterocycles. The van der Waals surface area contributed by atoms with Gasteiger partial charge in [-0.3, -0.25) is 20.4 Å². The van der Waals surface area contributed by atoms with Crippen molar-refractivity contribution in [3.05, 3.63) is 60.2 Å². The highest BCUT2D eigenvalue weighted by Gasteiger charge is 2.15. The molecule has 0 bridgehead atoms. The number of hydrogen-bond acceptors (Lipinski definition) is 5. The zero-order valence-corrected chi connectivity index (χ0v) is 19.9. The summed E-state index contributed by atoms with van der Waals surface area (Å²) in [4.78, 5) is 35.7. The van der Waals surface area contributed by atoms with Crippen LogP contribution in [0.1, 0.15) is 50.5 Å². The van der Waals surface area contributed by atoms with Gasteiger partial charge in [-0.2, -0.15) is 0 Å². The molecule has 0 aromatic heterocycles. The summed E-state index contributed by atoms with van der Waals surface area (Å²) in [5.74, 6) is 0.385. The van der Waals surface area contributed by atoms with E-state index in [0.29, 0.717) is 31.1 Å². The standard InChI is InChI=1S/C26H34N4O5/c31-24(12-7-17-27-26(33)28-21-10-5-2-6-11-21)29-30-25(32)19-35-23-15-13-22(14-16-23)34-18-20-8-3-1-4-9-20/h1,3-4,8-9,13-16,21H,2,5-7,10-12,17-19H2,(H,29,31)(H,30,32)(H2,27,28,33).